The molecule has 1 aliphatic carbocycles. The standard InChI is InChI=1S/C19H22N2O/c1-2-12-10-21-8-7-19-15-5-3-4-6-16(15)20-18(19)14(11-22)13(12)9-17(19)21/h2-6,11,13-14,17-18,20H,7-10H2,1H3/p+1/b12-2-/t13-,14+,17-,18-,19+/m0/s1. The molecule has 3 heteroatoms. The number of anilines is 1. The van der Waals surface area contributed by atoms with E-state index in [0.29, 0.717) is 18.0 Å². The van der Waals surface area contributed by atoms with E-state index < -0.39 is 0 Å². The van der Waals surface area contributed by atoms with Crippen LogP contribution >= 0.6 is 0 Å². The van der Waals surface area contributed by atoms with E-state index in [4.69, 9.17) is 0 Å². The van der Waals surface area contributed by atoms with Crippen LogP contribution in [0.5, 0.6) is 0 Å². The molecule has 5 rings (SSSR count). The Bertz CT molecular complexity index is 682. The van der Waals surface area contributed by atoms with Gasteiger partial charge in [-0.25, -0.2) is 0 Å². The second kappa shape index (κ2) is 4.23. The first-order valence-electron chi connectivity index (χ1n) is 8.60. The number of benzene rings is 1. The third kappa shape index (κ3) is 1.30. The highest BCUT2D eigenvalue weighted by Crippen LogP contribution is 2.56. The summed E-state index contributed by atoms with van der Waals surface area (Å²) in [5, 5.41) is 3.76. The van der Waals surface area contributed by atoms with Gasteiger partial charge in [-0.3, -0.25) is 0 Å². The average Bonchev–Trinajstić information content (AvgIpc) is 3.11. The van der Waals surface area contributed by atoms with E-state index in [1.54, 1.807) is 4.90 Å². The summed E-state index contributed by atoms with van der Waals surface area (Å²) in [7, 11) is 0. The first-order chi connectivity index (χ1) is 10.8. The molecule has 1 aromatic rings. The zero-order valence-electron chi connectivity index (χ0n) is 13.0. The second-order valence-corrected chi connectivity index (χ2v) is 7.51. The Labute approximate surface area is 131 Å². The summed E-state index contributed by atoms with van der Waals surface area (Å²) in [6.07, 6.45) is 5.93. The Morgan fingerprint density at radius 2 is 2.23 bits per heavy atom. The normalized spacial score (nSPS) is 46.0. The number of allylic oxidation sites excluding steroid dienone is 1. The minimum atomic E-state index is 0.120. The van der Waals surface area contributed by atoms with Gasteiger partial charge in [-0.1, -0.05) is 24.3 Å². The molecule has 3 fully saturated rings. The lowest BCUT2D eigenvalue weighted by Crippen LogP contribution is -3.16. The zero-order chi connectivity index (χ0) is 14.9. The van der Waals surface area contributed by atoms with Gasteiger partial charge in [-0.05, 0) is 24.1 Å². The number of carbonyl (C=O) groups excluding carboxylic acids is 1. The van der Waals surface area contributed by atoms with Gasteiger partial charge >= 0.3 is 0 Å². The number of piperidine rings is 1. The van der Waals surface area contributed by atoms with Gasteiger partial charge in [0.15, 0.2) is 0 Å². The number of nitrogens with one attached hydrogen (secondary N) is 2. The van der Waals surface area contributed by atoms with Crippen LogP contribution in [-0.2, 0) is 10.2 Å². The van der Waals surface area contributed by atoms with Gasteiger partial charge in [0.1, 0.15) is 12.3 Å². The van der Waals surface area contributed by atoms with Gasteiger partial charge in [-0.2, -0.15) is 0 Å². The maximum Gasteiger partial charge on any atom is 0.125 e. The molecular weight excluding hydrogens is 272 g/mol. The van der Waals surface area contributed by atoms with Crippen LogP contribution in [0.1, 0.15) is 25.3 Å². The van der Waals surface area contributed by atoms with Crippen molar-refractivity contribution in [1.82, 2.24) is 0 Å². The molecule has 2 saturated heterocycles. The molecule has 6 atom stereocenters. The molecule has 0 aromatic heterocycles. The van der Waals surface area contributed by atoms with Crippen molar-refractivity contribution in [2.45, 2.75) is 37.3 Å². The molecule has 1 unspecified atom stereocenters. The van der Waals surface area contributed by atoms with Crippen molar-refractivity contribution >= 4 is 12.0 Å². The maximum absolute atomic E-state index is 12.0. The average molecular weight is 295 g/mol. The van der Waals surface area contributed by atoms with Crippen molar-refractivity contribution in [2.75, 3.05) is 18.4 Å². The largest absolute Gasteiger partial charge is 0.380 e. The Kier molecular flexibility index (Phi) is 2.48. The highest BCUT2D eigenvalue weighted by Gasteiger charge is 2.67. The summed E-state index contributed by atoms with van der Waals surface area (Å²) in [5.74, 6) is 0.573. The van der Waals surface area contributed by atoms with E-state index in [0.717, 1.165) is 6.54 Å². The van der Waals surface area contributed by atoms with Gasteiger partial charge in [0, 0.05) is 30.4 Å². The highest BCUT2D eigenvalue weighted by molar-refractivity contribution is 5.69. The van der Waals surface area contributed by atoms with Crippen LogP contribution in [0.3, 0.4) is 0 Å². The summed E-state index contributed by atoms with van der Waals surface area (Å²) < 4.78 is 0. The number of hydrogen-bond acceptors (Lipinski definition) is 2. The lowest BCUT2D eigenvalue weighted by molar-refractivity contribution is -0.916. The first kappa shape index (κ1) is 12.9. The number of hydrogen-bond donors (Lipinski definition) is 2. The molecule has 22 heavy (non-hydrogen) atoms. The number of aldehydes is 1. The molecule has 4 aliphatic rings. The molecule has 3 aliphatic heterocycles. The van der Waals surface area contributed by atoms with Gasteiger partial charge < -0.3 is 15.0 Å². The molecule has 3 heterocycles. The lowest BCUT2D eigenvalue weighted by atomic mass is 9.56. The molecule has 0 radical (unpaired) electrons. The quantitative estimate of drug-likeness (QED) is 0.602. The molecule has 0 amide bonds. The van der Waals surface area contributed by atoms with Crippen LogP contribution in [0.2, 0.25) is 0 Å². The van der Waals surface area contributed by atoms with Crippen LogP contribution < -0.4 is 10.2 Å². The van der Waals surface area contributed by atoms with Crippen molar-refractivity contribution in [3.8, 4) is 0 Å². The second-order valence-electron chi connectivity index (χ2n) is 7.51. The molecule has 114 valence electrons. The predicted octanol–water partition coefficient (Wildman–Crippen LogP) is 1.17. The molecule has 2 N–H and O–H groups in total. The summed E-state index contributed by atoms with van der Waals surface area (Å²) in [6, 6.07) is 9.75. The summed E-state index contributed by atoms with van der Waals surface area (Å²) in [4.78, 5) is 13.8. The Morgan fingerprint density at radius 3 is 3.05 bits per heavy atom. The van der Waals surface area contributed by atoms with Gasteiger partial charge in [0.05, 0.1) is 24.5 Å². The van der Waals surface area contributed by atoms with E-state index in [-0.39, 0.29) is 11.3 Å². The molecule has 2 bridgehead atoms. The monoisotopic (exact) mass is 295 g/mol. The molecular formula is C19H23N2O+. The fourth-order valence-corrected chi connectivity index (χ4v) is 6.21. The minimum absolute atomic E-state index is 0.120. The van der Waals surface area contributed by atoms with E-state index in [9.17, 15) is 4.79 Å². The van der Waals surface area contributed by atoms with Crippen LogP contribution in [0, 0.1) is 11.8 Å². The number of fused-ring (bicyclic) bond motifs is 2. The van der Waals surface area contributed by atoms with Gasteiger partial charge in [0.2, 0.25) is 0 Å². The third-order valence-corrected chi connectivity index (χ3v) is 7.04. The Balaban J connectivity index is 1.72. The van der Waals surface area contributed by atoms with Gasteiger partial charge in [-0.15, -0.1) is 0 Å². The van der Waals surface area contributed by atoms with E-state index in [2.05, 4.69) is 42.6 Å². The van der Waals surface area contributed by atoms with Crippen molar-refractivity contribution in [3.63, 3.8) is 0 Å². The minimum Gasteiger partial charge on any atom is -0.380 e. The zero-order valence-corrected chi connectivity index (χ0v) is 13.0. The predicted molar refractivity (Wildman–Crippen MR) is 86.1 cm³/mol. The van der Waals surface area contributed by atoms with Gasteiger partial charge in [0.25, 0.3) is 0 Å². The number of para-hydroxylation sites is 1. The van der Waals surface area contributed by atoms with Crippen molar-refractivity contribution in [1.29, 1.82) is 0 Å². The van der Waals surface area contributed by atoms with E-state index in [1.165, 1.54) is 42.5 Å². The fraction of sp³-hybridized carbons (Fsp3) is 0.526. The van der Waals surface area contributed by atoms with Crippen molar-refractivity contribution in [2.24, 2.45) is 11.8 Å². The highest BCUT2D eigenvalue weighted by atomic mass is 16.1. The first-order valence-corrected chi connectivity index (χ1v) is 8.60. The lowest BCUT2D eigenvalue weighted by Gasteiger charge is -2.51. The molecule has 1 spiro atoms. The third-order valence-electron chi connectivity index (χ3n) is 7.04. The van der Waals surface area contributed by atoms with Crippen molar-refractivity contribution in [3.05, 3.63) is 41.5 Å². The summed E-state index contributed by atoms with van der Waals surface area (Å²) in [5.41, 5.74) is 4.45. The fourth-order valence-electron chi connectivity index (χ4n) is 6.21. The van der Waals surface area contributed by atoms with Crippen LogP contribution in [0.15, 0.2) is 35.9 Å². The van der Waals surface area contributed by atoms with Crippen LogP contribution in [0.4, 0.5) is 5.69 Å². The number of carbonyl (C=O) groups is 1. The molecule has 1 saturated carbocycles. The molecule has 3 nitrogen and oxygen atoms in total. The maximum atomic E-state index is 12.0. The van der Waals surface area contributed by atoms with E-state index >= 15 is 0 Å². The smallest absolute Gasteiger partial charge is 0.125 e. The van der Waals surface area contributed by atoms with Crippen molar-refractivity contribution < 1.29 is 9.69 Å². The number of quaternary nitrogens is 1. The molecule has 1 aromatic carbocycles. The SMILES string of the molecule is C/C=C1/C[NH+]2CC[C@]34c5ccccc5N[C@H]3[C@H](C=O)[C@H]1C[C@H]24. The van der Waals surface area contributed by atoms with Crippen LogP contribution in [0.25, 0.3) is 0 Å². The summed E-state index contributed by atoms with van der Waals surface area (Å²) in [6.45, 7) is 4.53. The van der Waals surface area contributed by atoms with Crippen LogP contribution in [-0.4, -0.2) is 31.5 Å². The Morgan fingerprint density at radius 1 is 1.36 bits per heavy atom. The number of rotatable bonds is 1. The van der Waals surface area contributed by atoms with E-state index in [1.807, 2.05) is 0 Å². The summed E-state index contributed by atoms with van der Waals surface area (Å²) >= 11 is 0. The topological polar surface area (TPSA) is 33.5 Å². The Hall–Kier alpha value is -1.61.